The Bertz CT molecular complexity index is 927. The van der Waals surface area contributed by atoms with Crippen molar-refractivity contribution in [2.75, 3.05) is 49.9 Å². The predicted octanol–water partition coefficient (Wildman–Crippen LogP) is 2.39. The maximum atomic E-state index is 14.0. The van der Waals surface area contributed by atoms with E-state index in [1.807, 2.05) is 17.9 Å². The number of guanidine groups is 1. The van der Waals surface area contributed by atoms with Gasteiger partial charge in [-0.2, -0.15) is 0 Å². The number of anilines is 1. The Morgan fingerprint density at radius 1 is 1.03 bits per heavy atom. The SMILES string of the molecule is CCNC(=NCCS(=O)(=O)c1ccccc1)N1CCN(c2ccccc2F)CC1. The van der Waals surface area contributed by atoms with Crippen molar-refractivity contribution >= 4 is 21.5 Å². The fourth-order valence-corrected chi connectivity index (χ4v) is 4.45. The second-order valence-corrected chi connectivity index (χ2v) is 8.90. The quantitative estimate of drug-likeness (QED) is 0.576. The summed E-state index contributed by atoms with van der Waals surface area (Å²) >= 11 is 0. The summed E-state index contributed by atoms with van der Waals surface area (Å²) in [6, 6.07) is 15.2. The van der Waals surface area contributed by atoms with Gasteiger partial charge in [-0.3, -0.25) is 4.99 Å². The number of benzene rings is 2. The van der Waals surface area contributed by atoms with E-state index in [0.29, 0.717) is 49.3 Å². The lowest BCUT2D eigenvalue weighted by Crippen LogP contribution is -2.52. The Balaban J connectivity index is 1.61. The van der Waals surface area contributed by atoms with E-state index in [-0.39, 0.29) is 18.1 Å². The van der Waals surface area contributed by atoms with Crippen molar-refractivity contribution in [2.45, 2.75) is 11.8 Å². The van der Waals surface area contributed by atoms with Crippen LogP contribution in [-0.4, -0.2) is 64.3 Å². The van der Waals surface area contributed by atoms with Crippen LogP contribution >= 0.6 is 0 Å². The van der Waals surface area contributed by atoms with Gasteiger partial charge in [0.15, 0.2) is 15.8 Å². The van der Waals surface area contributed by atoms with Crippen molar-refractivity contribution in [2.24, 2.45) is 4.99 Å². The molecule has 3 rings (SSSR count). The van der Waals surface area contributed by atoms with Gasteiger partial charge in [0.25, 0.3) is 0 Å². The van der Waals surface area contributed by atoms with Gasteiger partial charge in [-0.15, -0.1) is 0 Å². The van der Waals surface area contributed by atoms with Crippen LogP contribution in [0.25, 0.3) is 0 Å². The fraction of sp³-hybridized carbons (Fsp3) is 0.381. The molecule has 0 saturated carbocycles. The van der Waals surface area contributed by atoms with Crippen molar-refractivity contribution in [1.82, 2.24) is 10.2 Å². The molecule has 0 aromatic heterocycles. The molecule has 0 unspecified atom stereocenters. The molecule has 1 aliphatic heterocycles. The summed E-state index contributed by atoms with van der Waals surface area (Å²) in [6.45, 7) is 5.58. The van der Waals surface area contributed by atoms with Gasteiger partial charge in [0.1, 0.15) is 5.82 Å². The van der Waals surface area contributed by atoms with Gasteiger partial charge in [-0.05, 0) is 31.2 Å². The smallest absolute Gasteiger partial charge is 0.194 e. The van der Waals surface area contributed by atoms with Crippen molar-refractivity contribution in [3.63, 3.8) is 0 Å². The van der Waals surface area contributed by atoms with Gasteiger partial charge in [0.05, 0.1) is 22.9 Å². The van der Waals surface area contributed by atoms with Crippen LogP contribution in [0, 0.1) is 5.82 Å². The monoisotopic (exact) mass is 418 g/mol. The summed E-state index contributed by atoms with van der Waals surface area (Å²) in [5.74, 6) is 0.442. The Labute approximate surface area is 172 Å². The summed E-state index contributed by atoms with van der Waals surface area (Å²) < 4.78 is 38.9. The number of nitrogens with zero attached hydrogens (tertiary/aromatic N) is 3. The third-order valence-corrected chi connectivity index (χ3v) is 6.54. The van der Waals surface area contributed by atoms with Crippen molar-refractivity contribution in [3.05, 3.63) is 60.4 Å². The molecule has 6 nitrogen and oxygen atoms in total. The molecule has 0 aliphatic carbocycles. The van der Waals surface area contributed by atoms with Crippen LogP contribution in [-0.2, 0) is 9.84 Å². The van der Waals surface area contributed by atoms with E-state index in [0.717, 1.165) is 0 Å². The van der Waals surface area contributed by atoms with E-state index < -0.39 is 9.84 Å². The van der Waals surface area contributed by atoms with Crippen LogP contribution in [0.5, 0.6) is 0 Å². The minimum Gasteiger partial charge on any atom is -0.366 e. The van der Waals surface area contributed by atoms with E-state index in [1.165, 1.54) is 6.07 Å². The predicted molar refractivity (Wildman–Crippen MR) is 115 cm³/mol. The number of aliphatic imine (C=N–C) groups is 1. The molecule has 1 saturated heterocycles. The molecule has 156 valence electrons. The average molecular weight is 419 g/mol. The molecule has 0 radical (unpaired) electrons. The van der Waals surface area contributed by atoms with Crippen LogP contribution in [0.3, 0.4) is 0 Å². The summed E-state index contributed by atoms with van der Waals surface area (Å²) in [6.07, 6.45) is 0. The molecular formula is C21H27FN4O2S. The summed E-state index contributed by atoms with van der Waals surface area (Å²) in [5, 5.41) is 3.23. The molecule has 1 heterocycles. The molecule has 2 aromatic carbocycles. The molecular weight excluding hydrogens is 391 g/mol. The van der Waals surface area contributed by atoms with Crippen LogP contribution in [0.1, 0.15) is 6.92 Å². The number of para-hydroxylation sites is 1. The standard InChI is InChI=1S/C21H27FN4O2S/c1-2-23-21(24-12-17-29(27,28)18-8-4-3-5-9-18)26-15-13-25(14-16-26)20-11-7-6-10-19(20)22/h3-11H,2,12-17H2,1H3,(H,23,24). The molecule has 1 fully saturated rings. The number of rotatable bonds is 6. The van der Waals surface area contributed by atoms with Gasteiger partial charge in [0, 0.05) is 32.7 Å². The Morgan fingerprint density at radius 3 is 2.34 bits per heavy atom. The molecule has 8 heteroatoms. The molecule has 29 heavy (non-hydrogen) atoms. The lowest BCUT2D eigenvalue weighted by Gasteiger charge is -2.37. The lowest BCUT2D eigenvalue weighted by atomic mass is 10.2. The van der Waals surface area contributed by atoms with Gasteiger partial charge < -0.3 is 15.1 Å². The van der Waals surface area contributed by atoms with Crippen molar-refractivity contribution in [3.8, 4) is 0 Å². The molecule has 2 aromatic rings. The summed E-state index contributed by atoms with van der Waals surface area (Å²) in [5.41, 5.74) is 0.614. The highest BCUT2D eigenvalue weighted by Gasteiger charge is 2.21. The Kier molecular flexibility index (Phi) is 7.09. The van der Waals surface area contributed by atoms with Crippen LogP contribution in [0.2, 0.25) is 0 Å². The minimum absolute atomic E-state index is 0.0406. The van der Waals surface area contributed by atoms with Crippen LogP contribution < -0.4 is 10.2 Å². The highest BCUT2D eigenvalue weighted by atomic mass is 32.2. The average Bonchev–Trinajstić information content (AvgIpc) is 2.74. The maximum absolute atomic E-state index is 14.0. The second-order valence-electron chi connectivity index (χ2n) is 6.79. The van der Waals surface area contributed by atoms with E-state index in [4.69, 9.17) is 0 Å². The Hall–Kier alpha value is -2.61. The number of halogens is 1. The van der Waals surface area contributed by atoms with Crippen LogP contribution in [0.15, 0.2) is 64.5 Å². The lowest BCUT2D eigenvalue weighted by molar-refractivity contribution is 0.371. The second kappa shape index (κ2) is 9.73. The highest BCUT2D eigenvalue weighted by Crippen LogP contribution is 2.20. The van der Waals surface area contributed by atoms with E-state index in [9.17, 15) is 12.8 Å². The molecule has 0 atom stereocenters. The third-order valence-electron chi connectivity index (χ3n) is 4.83. The number of sulfone groups is 1. The zero-order chi connectivity index (χ0) is 20.7. The van der Waals surface area contributed by atoms with Crippen molar-refractivity contribution in [1.29, 1.82) is 0 Å². The third kappa shape index (κ3) is 5.47. The molecule has 0 spiro atoms. The number of hydrogen-bond acceptors (Lipinski definition) is 4. The highest BCUT2D eigenvalue weighted by molar-refractivity contribution is 7.91. The molecule has 1 aliphatic rings. The van der Waals surface area contributed by atoms with Crippen LogP contribution in [0.4, 0.5) is 10.1 Å². The summed E-state index contributed by atoms with van der Waals surface area (Å²) in [4.78, 5) is 8.96. The molecule has 0 bridgehead atoms. The first kappa shape index (κ1) is 21.1. The van der Waals surface area contributed by atoms with Gasteiger partial charge >= 0.3 is 0 Å². The molecule has 1 N–H and O–H groups in total. The first-order chi connectivity index (χ1) is 14.0. The number of hydrogen-bond donors (Lipinski definition) is 1. The normalized spacial score (nSPS) is 15.4. The largest absolute Gasteiger partial charge is 0.366 e. The van der Waals surface area contributed by atoms with Gasteiger partial charge in [-0.25, -0.2) is 12.8 Å². The number of piperazine rings is 1. The van der Waals surface area contributed by atoms with Gasteiger partial charge in [0.2, 0.25) is 0 Å². The topological polar surface area (TPSA) is 65.0 Å². The fourth-order valence-electron chi connectivity index (χ4n) is 3.31. The zero-order valence-corrected chi connectivity index (χ0v) is 17.4. The first-order valence-corrected chi connectivity index (χ1v) is 11.5. The van der Waals surface area contributed by atoms with E-state index in [1.54, 1.807) is 42.5 Å². The molecule has 0 amide bonds. The summed E-state index contributed by atoms with van der Waals surface area (Å²) in [7, 11) is -3.35. The number of nitrogens with one attached hydrogen (secondary N) is 1. The van der Waals surface area contributed by atoms with Crippen molar-refractivity contribution < 1.29 is 12.8 Å². The minimum atomic E-state index is -3.35. The maximum Gasteiger partial charge on any atom is 0.194 e. The van der Waals surface area contributed by atoms with E-state index in [2.05, 4.69) is 15.2 Å². The first-order valence-electron chi connectivity index (χ1n) is 9.82. The van der Waals surface area contributed by atoms with E-state index >= 15 is 0 Å². The Morgan fingerprint density at radius 2 is 1.69 bits per heavy atom. The zero-order valence-electron chi connectivity index (χ0n) is 16.6. The van der Waals surface area contributed by atoms with Gasteiger partial charge in [-0.1, -0.05) is 30.3 Å².